The van der Waals surface area contributed by atoms with Gasteiger partial charge in [-0.2, -0.15) is 0 Å². The molecule has 0 aliphatic carbocycles. The number of hydrogen-bond acceptors (Lipinski definition) is 2. The van der Waals surface area contributed by atoms with E-state index >= 15 is 0 Å². The zero-order valence-electron chi connectivity index (χ0n) is 12.2. The van der Waals surface area contributed by atoms with Crippen LogP contribution in [0, 0.1) is 3.57 Å². The van der Waals surface area contributed by atoms with Gasteiger partial charge in [-0.25, -0.2) is 0 Å². The predicted octanol–water partition coefficient (Wildman–Crippen LogP) is 3.96. The van der Waals surface area contributed by atoms with Crippen LogP contribution in [0.2, 0.25) is 0 Å². The molecule has 1 amide bonds. The lowest BCUT2D eigenvalue weighted by Crippen LogP contribution is -2.26. The second-order valence-corrected chi connectivity index (χ2v) is 5.96. The number of carbonyl (C=O) groups is 1. The van der Waals surface area contributed by atoms with Gasteiger partial charge >= 0.3 is 0 Å². The molecule has 0 bridgehead atoms. The molecule has 3 nitrogen and oxygen atoms in total. The maximum Gasteiger partial charge on any atom is 0.253 e. The Balaban J connectivity index is 2.14. The Morgan fingerprint density at radius 3 is 2.67 bits per heavy atom. The summed E-state index contributed by atoms with van der Waals surface area (Å²) in [7, 11) is 1.81. The van der Waals surface area contributed by atoms with Gasteiger partial charge in [0.15, 0.2) is 0 Å². The summed E-state index contributed by atoms with van der Waals surface area (Å²) in [6.07, 6.45) is 0. The van der Waals surface area contributed by atoms with Crippen LogP contribution in [-0.2, 0) is 6.54 Å². The lowest BCUT2D eigenvalue weighted by atomic mass is 10.1. The fourth-order valence-electron chi connectivity index (χ4n) is 2.10. The Bertz CT molecular complexity index is 628. The molecule has 2 aromatic rings. The highest BCUT2D eigenvalue weighted by Crippen LogP contribution is 2.20. The van der Waals surface area contributed by atoms with Crippen molar-refractivity contribution in [3.63, 3.8) is 0 Å². The Morgan fingerprint density at radius 1 is 1.19 bits per heavy atom. The molecule has 4 heteroatoms. The maximum atomic E-state index is 12.5. The smallest absolute Gasteiger partial charge is 0.253 e. The Morgan fingerprint density at radius 2 is 1.95 bits per heavy atom. The summed E-state index contributed by atoms with van der Waals surface area (Å²) in [6.45, 7) is 3.10. The van der Waals surface area contributed by atoms with E-state index in [4.69, 9.17) is 4.74 Å². The Labute approximate surface area is 139 Å². The average molecular weight is 395 g/mol. The van der Waals surface area contributed by atoms with Gasteiger partial charge in [0, 0.05) is 28.3 Å². The zero-order valence-corrected chi connectivity index (χ0v) is 14.3. The van der Waals surface area contributed by atoms with E-state index in [1.165, 1.54) is 0 Å². The van der Waals surface area contributed by atoms with Crippen molar-refractivity contribution < 1.29 is 9.53 Å². The van der Waals surface area contributed by atoms with Crippen molar-refractivity contribution in [2.75, 3.05) is 13.7 Å². The quantitative estimate of drug-likeness (QED) is 0.718. The summed E-state index contributed by atoms with van der Waals surface area (Å²) < 4.78 is 6.66. The monoisotopic (exact) mass is 395 g/mol. The summed E-state index contributed by atoms with van der Waals surface area (Å²) in [5.74, 6) is 0.849. The van der Waals surface area contributed by atoms with Crippen LogP contribution in [-0.4, -0.2) is 24.5 Å². The minimum atomic E-state index is 0.0137. The first-order valence-corrected chi connectivity index (χ1v) is 7.91. The molecular weight excluding hydrogens is 377 g/mol. The van der Waals surface area contributed by atoms with Gasteiger partial charge in [0.1, 0.15) is 5.75 Å². The number of halogens is 1. The molecule has 0 fully saturated rings. The molecular formula is C17H18INO2. The summed E-state index contributed by atoms with van der Waals surface area (Å²) in [5.41, 5.74) is 1.72. The molecule has 2 aromatic carbocycles. The van der Waals surface area contributed by atoms with Crippen LogP contribution in [0.3, 0.4) is 0 Å². The fourth-order valence-corrected chi connectivity index (χ4v) is 2.64. The van der Waals surface area contributed by atoms with Crippen LogP contribution in [0.4, 0.5) is 0 Å². The third kappa shape index (κ3) is 4.20. The predicted molar refractivity (Wildman–Crippen MR) is 92.6 cm³/mol. The topological polar surface area (TPSA) is 29.5 Å². The third-order valence-electron chi connectivity index (χ3n) is 3.10. The summed E-state index contributed by atoms with van der Waals surface area (Å²) >= 11 is 2.21. The van der Waals surface area contributed by atoms with Crippen LogP contribution in [0.1, 0.15) is 22.8 Å². The molecule has 0 unspecified atom stereocenters. The van der Waals surface area contributed by atoms with Crippen molar-refractivity contribution in [1.29, 1.82) is 0 Å². The fraction of sp³-hybridized carbons (Fsp3) is 0.235. The lowest BCUT2D eigenvalue weighted by molar-refractivity contribution is 0.0784. The largest absolute Gasteiger partial charge is 0.494 e. The van der Waals surface area contributed by atoms with Gasteiger partial charge < -0.3 is 9.64 Å². The van der Waals surface area contributed by atoms with E-state index in [0.717, 1.165) is 14.9 Å². The molecule has 21 heavy (non-hydrogen) atoms. The normalized spacial score (nSPS) is 10.2. The highest BCUT2D eigenvalue weighted by atomic mass is 127. The van der Waals surface area contributed by atoms with Gasteiger partial charge in [-0.3, -0.25) is 4.79 Å². The first-order valence-electron chi connectivity index (χ1n) is 6.83. The number of para-hydroxylation sites is 1. The molecule has 0 saturated heterocycles. The summed E-state index contributed by atoms with van der Waals surface area (Å²) in [6, 6.07) is 15.4. The number of ether oxygens (including phenoxy) is 1. The van der Waals surface area contributed by atoms with Gasteiger partial charge in [0.05, 0.1) is 6.61 Å². The van der Waals surface area contributed by atoms with E-state index in [1.54, 1.807) is 4.90 Å². The van der Waals surface area contributed by atoms with Crippen LogP contribution in [0.5, 0.6) is 5.75 Å². The van der Waals surface area contributed by atoms with Gasteiger partial charge in [0.25, 0.3) is 5.91 Å². The van der Waals surface area contributed by atoms with E-state index in [2.05, 4.69) is 22.6 Å². The molecule has 0 atom stereocenters. The Kier molecular flexibility index (Phi) is 5.61. The number of amides is 1. The standard InChI is InChI=1S/C17H18INO2/c1-3-21-16-10-5-4-7-14(16)12-19(2)17(20)13-8-6-9-15(18)11-13/h4-11H,3,12H2,1-2H3. The van der Waals surface area contributed by atoms with Crippen molar-refractivity contribution in [2.24, 2.45) is 0 Å². The van der Waals surface area contributed by atoms with Gasteiger partial charge in [-0.15, -0.1) is 0 Å². The minimum absolute atomic E-state index is 0.0137. The van der Waals surface area contributed by atoms with E-state index in [-0.39, 0.29) is 5.91 Å². The number of benzene rings is 2. The van der Waals surface area contributed by atoms with Crippen LogP contribution < -0.4 is 4.74 Å². The minimum Gasteiger partial charge on any atom is -0.494 e. The van der Waals surface area contributed by atoms with Crippen molar-refractivity contribution in [3.8, 4) is 5.75 Å². The second-order valence-electron chi connectivity index (χ2n) is 4.71. The summed E-state index contributed by atoms with van der Waals surface area (Å²) in [4.78, 5) is 14.2. The van der Waals surface area contributed by atoms with Crippen molar-refractivity contribution >= 4 is 28.5 Å². The second kappa shape index (κ2) is 7.45. The Hall–Kier alpha value is -1.56. The molecule has 0 saturated carbocycles. The van der Waals surface area contributed by atoms with E-state index < -0.39 is 0 Å². The summed E-state index contributed by atoms with van der Waals surface area (Å²) in [5, 5.41) is 0. The zero-order chi connectivity index (χ0) is 15.2. The highest BCUT2D eigenvalue weighted by molar-refractivity contribution is 14.1. The molecule has 0 aromatic heterocycles. The van der Waals surface area contributed by atoms with Crippen LogP contribution in [0.15, 0.2) is 48.5 Å². The number of hydrogen-bond donors (Lipinski definition) is 0. The molecule has 0 aliphatic rings. The maximum absolute atomic E-state index is 12.5. The van der Waals surface area contributed by atoms with Gasteiger partial charge in [-0.1, -0.05) is 24.3 Å². The molecule has 110 valence electrons. The van der Waals surface area contributed by atoms with Crippen molar-refractivity contribution in [3.05, 3.63) is 63.2 Å². The molecule has 0 aliphatic heterocycles. The number of carbonyl (C=O) groups excluding carboxylic acids is 1. The first-order chi connectivity index (χ1) is 10.1. The molecule has 0 heterocycles. The number of rotatable bonds is 5. The van der Waals surface area contributed by atoms with Crippen LogP contribution in [0.25, 0.3) is 0 Å². The van der Waals surface area contributed by atoms with Crippen LogP contribution >= 0.6 is 22.6 Å². The number of nitrogens with zero attached hydrogens (tertiary/aromatic N) is 1. The molecule has 0 N–H and O–H groups in total. The molecule has 0 radical (unpaired) electrons. The first kappa shape index (κ1) is 15.8. The third-order valence-corrected chi connectivity index (χ3v) is 3.77. The average Bonchev–Trinajstić information content (AvgIpc) is 2.48. The van der Waals surface area contributed by atoms with E-state index in [0.29, 0.717) is 18.7 Å². The highest BCUT2D eigenvalue weighted by Gasteiger charge is 2.14. The van der Waals surface area contributed by atoms with Crippen molar-refractivity contribution in [1.82, 2.24) is 4.90 Å². The van der Waals surface area contributed by atoms with E-state index in [1.807, 2.05) is 62.5 Å². The van der Waals surface area contributed by atoms with Crippen molar-refractivity contribution in [2.45, 2.75) is 13.5 Å². The molecule has 2 rings (SSSR count). The molecule has 0 spiro atoms. The SMILES string of the molecule is CCOc1ccccc1CN(C)C(=O)c1cccc(I)c1. The van der Waals surface area contributed by atoms with E-state index in [9.17, 15) is 4.79 Å². The lowest BCUT2D eigenvalue weighted by Gasteiger charge is -2.19. The van der Waals surface area contributed by atoms with Gasteiger partial charge in [-0.05, 0) is 53.8 Å². The van der Waals surface area contributed by atoms with Gasteiger partial charge in [0.2, 0.25) is 0 Å².